The molecule has 2 aromatic rings. The molecule has 2 aromatic carbocycles. The third-order valence-electron chi connectivity index (χ3n) is 4.04. The molecule has 1 fully saturated rings. The van der Waals surface area contributed by atoms with Crippen LogP contribution in [0.1, 0.15) is 22.8 Å². The van der Waals surface area contributed by atoms with Gasteiger partial charge in [-0.05, 0) is 31.2 Å². The van der Waals surface area contributed by atoms with E-state index >= 15 is 0 Å². The van der Waals surface area contributed by atoms with E-state index in [-0.39, 0.29) is 18.6 Å². The lowest BCUT2D eigenvalue weighted by atomic mass is 10.1. The topological polar surface area (TPSA) is 38.8 Å². The number of rotatable bonds is 4. The van der Waals surface area contributed by atoms with Gasteiger partial charge in [-0.2, -0.15) is 0 Å². The van der Waals surface area contributed by atoms with Crippen LogP contribution < -0.4 is 4.74 Å². The number of amides is 1. The van der Waals surface area contributed by atoms with E-state index in [4.69, 9.17) is 32.7 Å². The minimum absolute atomic E-state index is 0.0404. The summed E-state index contributed by atoms with van der Waals surface area (Å²) in [7, 11) is 0. The Labute approximate surface area is 157 Å². The normalized spacial score (nSPS) is 17.4. The number of halogens is 2. The van der Waals surface area contributed by atoms with Gasteiger partial charge in [0.15, 0.2) is 0 Å². The van der Waals surface area contributed by atoms with Gasteiger partial charge in [-0.25, -0.2) is 0 Å². The molecule has 1 atom stereocenters. The first kappa shape index (κ1) is 18.1. The lowest BCUT2D eigenvalue weighted by Gasteiger charge is -2.31. The number of para-hydroxylation sites is 1. The lowest BCUT2D eigenvalue weighted by Crippen LogP contribution is -2.44. The molecule has 1 aliphatic rings. The van der Waals surface area contributed by atoms with Gasteiger partial charge in [0.05, 0.1) is 18.3 Å². The third kappa shape index (κ3) is 4.46. The van der Waals surface area contributed by atoms with Crippen LogP contribution in [0, 0.1) is 0 Å². The summed E-state index contributed by atoms with van der Waals surface area (Å²) in [6, 6.07) is 12.5. The molecule has 1 unspecified atom stereocenters. The van der Waals surface area contributed by atoms with Crippen LogP contribution in [-0.2, 0) is 11.3 Å². The van der Waals surface area contributed by atoms with E-state index in [0.29, 0.717) is 41.1 Å². The van der Waals surface area contributed by atoms with Gasteiger partial charge in [0.1, 0.15) is 12.4 Å². The average Bonchev–Trinajstić information content (AvgIpc) is 2.61. The number of nitrogens with zero attached hydrogens (tertiary/aromatic N) is 1. The van der Waals surface area contributed by atoms with E-state index in [2.05, 4.69) is 0 Å². The van der Waals surface area contributed by atoms with Crippen molar-refractivity contribution in [1.29, 1.82) is 0 Å². The Bertz CT molecular complexity index is 766. The third-order valence-corrected chi connectivity index (χ3v) is 4.63. The molecular weight excluding hydrogens is 361 g/mol. The second-order valence-electron chi connectivity index (χ2n) is 5.95. The van der Waals surface area contributed by atoms with Crippen molar-refractivity contribution in [2.45, 2.75) is 19.6 Å². The van der Waals surface area contributed by atoms with Crippen LogP contribution in [-0.4, -0.2) is 36.6 Å². The average molecular weight is 380 g/mol. The first-order valence-electron chi connectivity index (χ1n) is 8.11. The molecule has 0 aliphatic carbocycles. The Morgan fingerprint density at radius 3 is 2.84 bits per heavy atom. The number of carbonyl (C=O) groups excluding carboxylic acids is 1. The molecule has 132 valence electrons. The molecule has 0 saturated carbocycles. The molecule has 1 aliphatic heterocycles. The molecule has 0 spiro atoms. The molecule has 1 amide bonds. The van der Waals surface area contributed by atoms with Crippen LogP contribution in [0.15, 0.2) is 42.5 Å². The summed E-state index contributed by atoms with van der Waals surface area (Å²) in [4.78, 5) is 14.6. The van der Waals surface area contributed by atoms with Gasteiger partial charge >= 0.3 is 0 Å². The zero-order chi connectivity index (χ0) is 17.8. The van der Waals surface area contributed by atoms with Crippen molar-refractivity contribution < 1.29 is 14.3 Å². The van der Waals surface area contributed by atoms with Crippen LogP contribution in [0.25, 0.3) is 0 Å². The highest BCUT2D eigenvalue weighted by molar-refractivity contribution is 6.35. The smallest absolute Gasteiger partial charge is 0.257 e. The number of benzene rings is 2. The van der Waals surface area contributed by atoms with E-state index in [1.807, 2.05) is 25.1 Å². The van der Waals surface area contributed by atoms with Gasteiger partial charge in [-0.15, -0.1) is 0 Å². The zero-order valence-electron chi connectivity index (χ0n) is 13.9. The maximum Gasteiger partial charge on any atom is 0.257 e. The Morgan fingerprint density at radius 1 is 1.28 bits per heavy atom. The van der Waals surface area contributed by atoms with Gasteiger partial charge in [0.25, 0.3) is 5.91 Å². The van der Waals surface area contributed by atoms with Crippen molar-refractivity contribution in [3.8, 4) is 5.75 Å². The Balaban J connectivity index is 1.75. The highest BCUT2D eigenvalue weighted by Gasteiger charge is 2.24. The number of carbonyl (C=O) groups is 1. The van der Waals surface area contributed by atoms with E-state index in [1.54, 1.807) is 29.2 Å². The molecule has 1 heterocycles. The second kappa shape index (κ2) is 8.09. The van der Waals surface area contributed by atoms with Gasteiger partial charge in [0, 0.05) is 28.7 Å². The summed E-state index contributed by atoms with van der Waals surface area (Å²) >= 11 is 12.1. The fraction of sp³-hybridized carbons (Fsp3) is 0.316. The first-order chi connectivity index (χ1) is 12.0. The minimum Gasteiger partial charge on any atom is -0.488 e. The number of ether oxygens (including phenoxy) is 2. The summed E-state index contributed by atoms with van der Waals surface area (Å²) in [5.74, 6) is 0.491. The van der Waals surface area contributed by atoms with Gasteiger partial charge in [-0.3, -0.25) is 4.79 Å². The van der Waals surface area contributed by atoms with Crippen molar-refractivity contribution in [2.75, 3.05) is 19.7 Å². The zero-order valence-corrected chi connectivity index (χ0v) is 15.4. The van der Waals surface area contributed by atoms with Crippen molar-refractivity contribution in [1.82, 2.24) is 4.90 Å². The maximum absolute atomic E-state index is 12.8. The largest absolute Gasteiger partial charge is 0.488 e. The molecule has 1 saturated heterocycles. The number of morpholine rings is 1. The predicted molar refractivity (Wildman–Crippen MR) is 98.6 cm³/mol. The molecule has 3 rings (SSSR count). The summed E-state index contributed by atoms with van der Waals surface area (Å²) in [5.41, 5.74) is 1.36. The van der Waals surface area contributed by atoms with Crippen LogP contribution in [0.3, 0.4) is 0 Å². The van der Waals surface area contributed by atoms with E-state index in [9.17, 15) is 4.79 Å². The van der Waals surface area contributed by atoms with E-state index in [1.165, 1.54) is 0 Å². The van der Waals surface area contributed by atoms with Gasteiger partial charge in [-0.1, -0.05) is 41.4 Å². The standard InChI is InChI=1S/C19H19Cl2NO3/c1-13-11-22(8-9-24-13)19(23)16-4-2-3-5-18(16)25-12-14-6-7-15(20)10-17(14)21/h2-7,10,13H,8-9,11-12H2,1H3. The number of hydrogen-bond acceptors (Lipinski definition) is 3. The molecule has 6 heteroatoms. The van der Waals surface area contributed by atoms with E-state index in [0.717, 1.165) is 5.56 Å². The maximum atomic E-state index is 12.8. The van der Waals surface area contributed by atoms with Crippen LogP contribution in [0.2, 0.25) is 10.0 Å². The fourth-order valence-electron chi connectivity index (χ4n) is 2.74. The molecule has 25 heavy (non-hydrogen) atoms. The van der Waals surface area contributed by atoms with Crippen molar-refractivity contribution >= 4 is 29.1 Å². The molecule has 0 aromatic heterocycles. The fourth-order valence-corrected chi connectivity index (χ4v) is 3.20. The molecule has 4 nitrogen and oxygen atoms in total. The highest BCUT2D eigenvalue weighted by Crippen LogP contribution is 2.25. The predicted octanol–water partition coefficient (Wildman–Crippen LogP) is 4.43. The summed E-state index contributed by atoms with van der Waals surface area (Å²) in [5, 5.41) is 1.11. The van der Waals surface area contributed by atoms with E-state index < -0.39 is 0 Å². The van der Waals surface area contributed by atoms with Crippen molar-refractivity contribution in [3.05, 3.63) is 63.6 Å². The first-order valence-corrected chi connectivity index (χ1v) is 8.87. The SMILES string of the molecule is CC1CN(C(=O)c2ccccc2OCc2ccc(Cl)cc2Cl)CCO1. The summed E-state index contributed by atoms with van der Waals surface area (Å²) in [6.07, 6.45) is 0.0404. The van der Waals surface area contributed by atoms with Gasteiger partial charge in [0.2, 0.25) is 0 Å². The highest BCUT2D eigenvalue weighted by atomic mass is 35.5. The quantitative estimate of drug-likeness (QED) is 0.788. The number of hydrogen-bond donors (Lipinski definition) is 0. The lowest BCUT2D eigenvalue weighted by molar-refractivity contribution is -0.0125. The Morgan fingerprint density at radius 2 is 2.08 bits per heavy atom. The minimum atomic E-state index is -0.0482. The Kier molecular flexibility index (Phi) is 5.84. The molecular formula is C19H19Cl2NO3. The monoisotopic (exact) mass is 379 g/mol. The van der Waals surface area contributed by atoms with Gasteiger partial charge < -0.3 is 14.4 Å². The van der Waals surface area contributed by atoms with Crippen molar-refractivity contribution in [3.63, 3.8) is 0 Å². The molecule has 0 bridgehead atoms. The van der Waals surface area contributed by atoms with Crippen LogP contribution in [0.4, 0.5) is 0 Å². The summed E-state index contributed by atoms with van der Waals surface area (Å²) < 4.78 is 11.4. The van der Waals surface area contributed by atoms with Crippen LogP contribution in [0.5, 0.6) is 5.75 Å². The van der Waals surface area contributed by atoms with Crippen molar-refractivity contribution in [2.24, 2.45) is 0 Å². The second-order valence-corrected chi connectivity index (χ2v) is 6.80. The summed E-state index contributed by atoms with van der Waals surface area (Å²) in [6.45, 7) is 3.94. The Hall–Kier alpha value is -1.75. The van der Waals surface area contributed by atoms with Crippen LogP contribution >= 0.6 is 23.2 Å². The molecule has 0 radical (unpaired) electrons. The molecule has 0 N–H and O–H groups in total.